The van der Waals surface area contributed by atoms with Crippen LogP contribution in [0.5, 0.6) is 0 Å². The van der Waals surface area contributed by atoms with E-state index in [0.717, 1.165) is 32.7 Å². The van der Waals surface area contributed by atoms with Gasteiger partial charge in [-0.2, -0.15) is 0 Å². The van der Waals surface area contributed by atoms with E-state index in [1.807, 2.05) is 6.92 Å². The second-order valence-corrected chi connectivity index (χ2v) is 4.73. The van der Waals surface area contributed by atoms with Crippen molar-refractivity contribution in [2.24, 2.45) is 0 Å². The summed E-state index contributed by atoms with van der Waals surface area (Å²) < 4.78 is 11.2. The number of hydrogen-bond donors (Lipinski definition) is 1. The van der Waals surface area contributed by atoms with Crippen molar-refractivity contribution < 1.29 is 9.47 Å². The molecule has 1 aliphatic heterocycles. The lowest BCUT2D eigenvalue weighted by Gasteiger charge is -2.32. The zero-order chi connectivity index (χ0) is 11.8. The Kier molecular flexibility index (Phi) is 7.01. The predicted molar refractivity (Wildman–Crippen MR) is 66.8 cm³/mol. The molecule has 1 saturated heterocycles. The van der Waals surface area contributed by atoms with Crippen LogP contribution in [0.1, 0.15) is 46.5 Å². The normalized spacial score (nSPS) is 27.9. The van der Waals surface area contributed by atoms with E-state index in [9.17, 15) is 0 Å². The maximum absolute atomic E-state index is 5.74. The maximum Gasteiger partial charge on any atom is 0.0616 e. The van der Waals surface area contributed by atoms with Gasteiger partial charge in [-0.15, -0.1) is 0 Å². The van der Waals surface area contributed by atoms with Gasteiger partial charge in [0.25, 0.3) is 0 Å². The van der Waals surface area contributed by atoms with Crippen molar-refractivity contribution in [3.8, 4) is 0 Å². The van der Waals surface area contributed by atoms with Crippen LogP contribution in [0.15, 0.2) is 0 Å². The largest absolute Gasteiger partial charge is 0.380 e. The smallest absolute Gasteiger partial charge is 0.0616 e. The van der Waals surface area contributed by atoms with Crippen molar-refractivity contribution >= 4 is 0 Å². The minimum absolute atomic E-state index is 0.449. The Morgan fingerprint density at radius 1 is 1.44 bits per heavy atom. The van der Waals surface area contributed by atoms with Crippen molar-refractivity contribution in [3.05, 3.63) is 0 Å². The Bertz CT molecular complexity index is 173. The van der Waals surface area contributed by atoms with Gasteiger partial charge in [-0.3, -0.25) is 0 Å². The van der Waals surface area contributed by atoms with Crippen LogP contribution in [-0.4, -0.2) is 38.0 Å². The van der Waals surface area contributed by atoms with Crippen molar-refractivity contribution in [2.75, 3.05) is 19.8 Å². The van der Waals surface area contributed by atoms with Crippen LogP contribution in [0.25, 0.3) is 0 Å². The second kappa shape index (κ2) is 8.04. The van der Waals surface area contributed by atoms with Gasteiger partial charge in [0.05, 0.1) is 12.7 Å². The summed E-state index contributed by atoms with van der Waals surface area (Å²) in [4.78, 5) is 0. The molecule has 0 amide bonds. The molecule has 16 heavy (non-hydrogen) atoms. The molecule has 3 nitrogen and oxygen atoms in total. The van der Waals surface area contributed by atoms with Crippen LogP contribution in [-0.2, 0) is 9.47 Å². The topological polar surface area (TPSA) is 30.5 Å². The van der Waals surface area contributed by atoms with E-state index >= 15 is 0 Å². The second-order valence-electron chi connectivity index (χ2n) is 4.73. The Balaban J connectivity index is 2.20. The standard InChI is InChI=1S/C13H27NO2/c1-4-6-13-9-12(7-8-16-13)14-11(3)10-15-5-2/h11-14H,4-10H2,1-3H3. The molecule has 1 rings (SSSR count). The fraction of sp³-hybridized carbons (Fsp3) is 1.00. The molecule has 3 heteroatoms. The van der Waals surface area contributed by atoms with E-state index in [4.69, 9.17) is 9.47 Å². The van der Waals surface area contributed by atoms with Gasteiger partial charge in [-0.1, -0.05) is 13.3 Å². The van der Waals surface area contributed by atoms with Crippen LogP contribution >= 0.6 is 0 Å². The highest BCUT2D eigenvalue weighted by atomic mass is 16.5. The quantitative estimate of drug-likeness (QED) is 0.727. The van der Waals surface area contributed by atoms with Crippen LogP contribution in [0, 0.1) is 0 Å². The molecule has 0 aromatic rings. The van der Waals surface area contributed by atoms with Gasteiger partial charge >= 0.3 is 0 Å². The summed E-state index contributed by atoms with van der Waals surface area (Å²) in [5.41, 5.74) is 0. The molecule has 0 spiro atoms. The van der Waals surface area contributed by atoms with Gasteiger partial charge in [-0.25, -0.2) is 0 Å². The molecule has 0 aliphatic carbocycles. The number of nitrogens with one attached hydrogen (secondary N) is 1. The fourth-order valence-corrected chi connectivity index (χ4v) is 2.30. The average molecular weight is 229 g/mol. The molecule has 0 aromatic heterocycles. The minimum atomic E-state index is 0.449. The van der Waals surface area contributed by atoms with Gasteiger partial charge in [-0.05, 0) is 33.1 Å². The Morgan fingerprint density at radius 3 is 2.94 bits per heavy atom. The maximum atomic E-state index is 5.74. The molecule has 1 fully saturated rings. The number of hydrogen-bond acceptors (Lipinski definition) is 3. The van der Waals surface area contributed by atoms with E-state index in [1.54, 1.807) is 0 Å². The summed E-state index contributed by atoms with van der Waals surface area (Å²) in [7, 11) is 0. The molecule has 0 saturated carbocycles. The molecule has 0 radical (unpaired) electrons. The SMILES string of the molecule is CCCC1CC(NC(C)COCC)CCO1. The zero-order valence-corrected chi connectivity index (χ0v) is 11.0. The predicted octanol–water partition coefficient (Wildman–Crippen LogP) is 2.35. The van der Waals surface area contributed by atoms with Crippen LogP contribution < -0.4 is 5.32 Å². The molecule has 1 N–H and O–H groups in total. The number of rotatable bonds is 7. The van der Waals surface area contributed by atoms with Crippen molar-refractivity contribution in [2.45, 2.75) is 64.6 Å². The highest BCUT2D eigenvalue weighted by Crippen LogP contribution is 2.18. The van der Waals surface area contributed by atoms with Crippen molar-refractivity contribution in [1.29, 1.82) is 0 Å². The fourth-order valence-electron chi connectivity index (χ4n) is 2.30. The first kappa shape index (κ1) is 13.9. The monoisotopic (exact) mass is 229 g/mol. The van der Waals surface area contributed by atoms with Crippen LogP contribution in [0.3, 0.4) is 0 Å². The Morgan fingerprint density at radius 2 is 2.25 bits per heavy atom. The van der Waals surface area contributed by atoms with Gasteiger partial charge < -0.3 is 14.8 Å². The van der Waals surface area contributed by atoms with Crippen molar-refractivity contribution in [1.82, 2.24) is 5.32 Å². The van der Waals surface area contributed by atoms with E-state index in [0.29, 0.717) is 18.2 Å². The highest BCUT2D eigenvalue weighted by molar-refractivity contribution is 4.78. The lowest BCUT2D eigenvalue weighted by molar-refractivity contribution is -0.00697. The van der Waals surface area contributed by atoms with Gasteiger partial charge in [0, 0.05) is 25.3 Å². The molecular formula is C13H27NO2. The molecule has 3 atom stereocenters. The summed E-state index contributed by atoms with van der Waals surface area (Å²) >= 11 is 0. The summed E-state index contributed by atoms with van der Waals surface area (Å²) in [6, 6.07) is 1.06. The first-order chi connectivity index (χ1) is 7.76. The van der Waals surface area contributed by atoms with Crippen LogP contribution in [0.2, 0.25) is 0 Å². The van der Waals surface area contributed by atoms with Crippen LogP contribution in [0.4, 0.5) is 0 Å². The molecular weight excluding hydrogens is 202 g/mol. The van der Waals surface area contributed by atoms with E-state index in [-0.39, 0.29) is 0 Å². The third kappa shape index (κ3) is 5.28. The third-order valence-corrected chi connectivity index (χ3v) is 3.07. The van der Waals surface area contributed by atoms with E-state index in [2.05, 4.69) is 19.2 Å². The molecule has 1 aliphatic rings. The molecule has 0 aromatic carbocycles. The molecule has 3 unspecified atom stereocenters. The minimum Gasteiger partial charge on any atom is -0.380 e. The third-order valence-electron chi connectivity index (χ3n) is 3.07. The average Bonchev–Trinajstić information content (AvgIpc) is 2.27. The first-order valence-corrected chi connectivity index (χ1v) is 6.71. The van der Waals surface area contributed by atoms with Gasteiger partial charge in [0.15, 0.2) is 0 Å². The Labute approximate surface area is 99.9 Å². The summed E-state index contributed by atoms with van der Waals surface area (Å²) in [6.45, 7) is 8.98. The van der Waals surface area contributed by atoms with Crippen molar-refractivity contribution in [3.63, 3.8) is 0 Å². The Hall–Kier alpha value is -0.120. The van der Waals surface area contributed by atoms with Gasteiger partial charge in [0.2, 0.25) is 0 Å². The zero-order valence-electron chi connectivity index (χ0n) is 11.0. The lowest BCUT2D eigenvalue weighted by Crippen LogP contribution is -2.44. The lowest BCUT2D eigenvalue weighted by atomic mass is 9.99. The van der Waals surface area contributed by atoms with Gasteiger partial charge in [0.1, 0.15) is 0 Å². The molecule has 96 valence electrons. The summed E-state index contributed by atoms with van der Waals surface area (Å²) in [6.07, 6.45) is 5.17. The first-order valence-electron chi connectivity index (χ1n) is 6.71. The summed E-state index contributed by atoms with van der Waals surface area (Å²) in [5.74, 6) is 0. The molecule has 1 heterocycles. The van der Waals surface area contributed by atoms with E-state index in [1.165, 1.54) is 12.8 Å². The van der Waals surface area contributed by atoms with E-state index < -0.39 is 0 Å². The number of ether oxygens (including phenoxy) is 2. The highest BCUT2D eigenvalue weighted by Gasteiger charge is 2.22. The molecule has 0 bridgehead atoms. The summed E-state index contributed by atoms with van der Waals surface area (Å²) in [5, 5.41) is 3.64.